The average molecular weight is 341 g/mol. The third kappa shape index (κ3) is 5.71. The Hall–Kier alpha value is -0.680. The van der Waals surface area contributed by atoms with E-state index in [0.29, 0.717) is 18.0 Å². The van der Waals surface area contributed by atoms with Crippen LogP contribution in [-0.2, 0) is 4.74 Å². The second kappa shape index (κ2) is 7.47. The molecule has 2 aliphatic heterocycles. The summed E-state index contributed by atoms with van der Waals surface area (Å²) in [5.74, 6) is 2.48. The molecular weight excluding hydrogens is 308 g/mol. The van der Waals surface area contributed by atoms with Crippen molar-refractivity contribution in [2.75, 3.05) is 31.1 Å². The highest BCUT2D eigenvalue weighted by molar-refractivity contribution is 7.99. The van der Waals surface area contributed by atoms with Crippen LogP contribution in [0.3, 0.4) is 0 Å². The standard InChI is InChI=1S/C18H32N2O2S/c1-17(2,3)22-16(21)20-9-6-14(7-10-20)12-19-15-13-23-11-8-18(15,4)5/h6,15,19H,7-13H2,1-5H3. The number of carbonyl (C=O) groups is 1. The van der Waals surface area contributed by atoms with E-state index in [2.05, 4.69) is 37.0 Å². The third-order valence-electron chi connectivity index (χ3n) is 4.65. The van der Waals surface area contributed by atoms with Crippen LogP contribution in [0.1, 0.15) is 47.5 Å². The van der Waals surface area contributed by atoms with Gasteiger partial charge in [-0.05, 0) is 44.8 Å². The van der Waals surface area contributed by atoms with Crippen molar-refractivity contribution in [2.24, 2.45) is 5.41 Å². The van der Waals surface area contributed by atoms with Gasteiger partial charge in [0, 0.05) is 31.4 Å². The lowest BCUT2D eigenvalue weighted by molar-refractivity contribution is 0.0265. The van der Waals surface area contributed by atoms with Crippen molar-refractivity contribution in [1.29, 1.82) is 0 Å². The maximum Gasteiger partial charge on any atom is 0.410 e. The van der Waals surface area contributed by atoms with E-state index in [0.717, 1.165) is 19.5 Å². The molecule has 2 rings (SSSR count). The molecule has 1 fully saturated rings. The molecule has 5 heteroatoms. The number of thioether (sulfide) groups is 1. The number of hydrogen-bond donors (Lipinski definition) is 1. The van der Waals surface area contributed by atoms with Gasteiger partial charge in [0.1, 0.15) is 5.60 Å². The fraction of sp³-hybridized carbons (Fsp3) is 0.833. The lowest BCUT2D eigenvalue weighted by Crippen LogP contribution is -2.47. The predicted octanol–water partition coefficient (Wildman–Crippen LogP) is 3.67. The summed E-state index contributed by atoms with van der Waals surface area (Å²) in [7, 11) is 0. The van der Waals surface area contributed by atoms with E-state index in [1.54, 1.807) is 4.90 Å². The van der Waals surface area contributed by atoms with Gasteiger partial charge in [0.2, 0.25) is 0 Å². The Morgan fingerprint density at radius 3 is 2.78 bits per heavy atom. The van der Waals surface area contributed by atoms with E-state index in [-0.39, 0.29) is 6.09 Å². The van der Waals surface area contributed by atoms with E-state index < -0.39 is 5.60 Å². The van der Waals surface area contributed by atoms with Crippen molar-refractivity contribution in [2.45, 2.75) is 59.1 Å². The summed E-state index contributed by atoms with van der Waals surface area (Å²) in [4.78, 5) is 13.9. The van der Waals surface area contributed by atoms with E-state index >= 15 is 0 Å². The number of nitrogens with zero attached hydrogens (tertiary/aromatic N) is 1. The van der Waals surface area contributed by atoms with Crippen LogP contribution in [-0.4, -0.2) is 53.8 Å². The monoisotopic (exact) mass is 340 g/mol. The molecule has 1 N–H and O–H groups in total. The zero-order valence-electron chi connectivity index (χ0n) is 15.3. The molecule has 1 atom stereocenters. The summed E-state index contributed by atoms with van der Waals surface area (Å²) in [6, 6.07) is 0.575. The van der Waals surface area contributed by atoms with Crippen LogP contribution >= 0.6 is 11.8 Å². The Morgan fingerprint density at radius 1 is 1.48 bits per heavy atom. The minimum absolute atomic E-state index is 0.203. The van der Waals surface area contributed by atoms with Crippen LogP contribution in [0, 0.1) is 5.41 Å². The van der Waals surface area contributed by atoms with Gasteiger partial charge in [0.25, 0.3) is 0 Å². The molecule has 0 spiro atoms. The molecule has 4 nitrogen and oxygen atoms in total. The zero-order chi connectivity index (χ0) is 17.1. The van der Waals surface area contributed by atoms with Gasteiger partial charge in [-0.1, -0.05) is 25.5 Å². The smallest absolute Gasteiger partial charge is 0.410 e. The Morgan fingerprint density at radius 2 is 2.22 bits per heavy atom. The van der Waals surface area contributed by atoms with Gasteiger partial charge in [-0.3, -0.25) is 0 Å². The van der Waals surface area contributed by atoms with Crippen molar-refractivity contribution < 1.29 is 9.53 Å². The third-order valence-corrected chi connectivity index (χ3v) is 5.71. The highest BCUT2D eigenvalue weighted by atomic mass is 32.2. The molecule has 1 saturated heterocycles. The van der Waals surface area contributed by atoms with Gasteiger partial charge in [-0.25, -0.2) is 4.79 Å². The van der Waals surface area contributed by atoms with Crippen LogP contribution in [0.2, 0.25) is 0 Å². The molecule has 23 heavy (non-hydrogen) atoms. The van der Waals surface area contributed by atoms with Crippen molar-refractivity contribution in [3.8, 4) is 0 Å². The first kappa shape index (κ1) is 18.7. The summed E-state index contributed by atoms with van der Waals surface area (Å²) >= 11 is 2.05. The summed E-state index contributed by atoms with van der Waals surface area (Å²) in [6.07, 6.45) is 4.20. The molecule has 1 unspecified atom stereocenters. The first-order valence-corrected chi connectivity index (χ1v) is 9.80. The fourth-order valence-electron chi connectivity index (χ4n) is 2.89. The van der Waals surface area contributed by atoms with Crippen molar-refractivity contribution in [3.63, 3.8) is 0 Å². The summed E-state index contributed by atoms with van der Waals surface area (Å²) in [5, 5.41) is 3.74. The number of carbonyl (C=O) groups excluding carboxylic acids is 1. The highest BCUT2D eigenvalue weighted by Gasteiger charge is 2.32. The maximum atomic E-state index is 12.1. The summed E-state index contributed by atoms with van der Waals surface area (Å²) < 4.78 is 5.43. The minimum atomic E-state index is -0.424. The first-order valence-electron chi connectivity index (χ1n) is 8.64. The van der Waals surface area contributed by atoms with E-state index in [1.165, 1.54) is 23.5 Å². The van der Waals surface area contributed by atoms with Gasteiger partial charge in [0.15, 0.2) is 0 Å². The zero-order valence-corrected chi connectivity index (χ0v) is 16.1. The van der Waals surface area contributed by atoms with Gasteiger partial charge in [-0.2, -0.15) is 11.8 Å². The largest absolute Gasteiger partial charge is 0.444 e. The van der Waals surface area contributed by atoms with Gasteiger partial charge in [-0.15, -0.1) is 0 Å². The molecule has 132 valence electrons. The van der Waals surface area contributed by atoms with Crippen LogP contribution in [0.15, 0.2) is 11.6 Å². The molecule has 0 aromatic carbocycles. The maximum absolute atomic E-state index is 12.1. The number of nitrogens with one attached hydrogen (secondary N) is 1. The second-order valence-electron chi connectivity index (χ2n) is 8.29. The second-order valence-corrected chi connectivity index (χ2v) is 9.44. The van der Waals surface area contributed by atoms with Crippen LogP contribution in [0.4, 0.5) is 4.79 Å². The van der Waals surface area contributed by atoms with Crippen LogP contribution in [0.5, 0.6) is 0 Å². The SMILES string of the molecule is CC(C)(C)OC(=O)N1CC=C(CNC2CSCCC2(C)C)CC1. The van der Waals surface area contributed by atoms with E-state index in [9.17, 15) is 4.79 Å². The molecule has 1 amide bonds. The van der Waals surface area contributed by atoms with Crippen molar-refractivity contribution in [3.05, 3.63) is 11.6 Å². The molecular formula is C18H32N2O2S. The molecule has 0 saturated carbocycles. The first-order chi connectivity index (χ1) is 10.7. The Bertz CT molecular complexity index is 454. The predicted molar refractivity (Wildman–Crippen MR) is 98.0 cm³/mol. The normalized spacial score (nSPS) is 25.0. The Kier molecular flexibility index (Phi) is 6.06. The minimum Gasteiger partial charge on any atom is -0.444 e. The summed E-state index contributed by atoms with van der Waals surface area (Å²) in [5.41, 5.74) is 1.37. The molecule has 0 aromatic heterocycles. The number of amides is 1. The number of rotatable bonds is 3. The quantitative estimate of drug-likeness (QED) is 0.796. The average Bonchev–Trinajstić information content (AvgIpc) is 2.44. The van der Waals surface area contributed by atoms with Crippen molar-refractivity contribution >= 4 is 17.9 Å². The molecule has 0 radical (unpaired) electrons. The lowest BCUT2D eigenvalue weighted by atomic mass is 9.82. The van der Waals surface area contributed by atoms with E-state index in [1.807, 2.05) is 20.8 Å². The molecule has 0 bridgehead atoms. The lowest BCUT2D eigenvalue weighted by Gasteiger charge is -2.39. The highest BCUT2D eigenvalue weighted by Crippen LogP contribution is 2.34. The van der Waals surface area contributed by atoms with Crippen LogP contribution in [0.25, 0.3) is 0 Å². The number of ether oxygens (including phenoxy) is 1. The van der Waals surface area contributed by atoms with Gasteiger partial charge < -0.3 is 15.0 Å². The summed E-state index contributed by atoms with van der Waals surface area (Å²) in [6.45, 7) is 12.8. The number of hydrogen-bond acceptors (Lipinski definition) is 4. The van der Waals surface area contributed by atoms with Crippen LogP contribution < -0.4 is 5.32 Å². The topological polar surface area (TPSA) is 41.6 Å². The Labute approximate surface area is 145 Å². The molecule has 2 aliphatic rings. The molecule has 0 aliphatic carbocycles. The Balaban J connectivity index is 1.79. The molecule has 0 aromatic rings. The van der Waals surface area contributed by atoms with E-state index in [4.69, 9.17) is 4.74 Å². The van der Waals surface area contributed by atoms with Gasteiger partial charge >= 0.3 is 6.09 Å². The molecule has 2 heterocycles. The van der Waals surface area contributed by atoms with Crippen molar-refractivity contribution in [1.82, 2.24) is 10.2 Å². The van der Waals surface area contributed by atoms with Gasteiger partial charge in [0.05, 0.1) is 0 Å². The fourth-order valence-corrected chi connectivity index (χ4v) is 4.53.